The topological polar surface area (TPSA) is 94.7 Å². The molecule has 0 unspecified atom stereocenters. The van der Waals surface area contributed by atoms with Crippen LogP contribution in [0.1, 0.15) is 37.3 Å². The maximum atomic E-state index is 5.44. The molecule has 0 saturated carbocycles. The molecule has 30 heavy (non-hydrogen) atoms. The van der Waals surface area contributed by atoms with E-state index < -0.39 is 0 Å². The standard InChI is InChI=1S/C21H34N8O/c1-4-18-17(19(5-2)30-27-18)16-26-20(22-3)23-10-7-11-28-12-14-29(15-13-28)21-24-8-6-9-25-21/h6,8-9H,4-5,7,10-16H2,1-3H3,(H2,22,23,26). The first-order chi connectivity index (χ1) is 14.7. The molecule has 1 aliphatic heterocycles. The van der Waals surface area contributed by atoms with Crippen LogP contribution >= 0.6 is 0 Å². The predicted octanol–water partition coefficient (Wildman–Crippen LogP) is 1.47. The second-order valence-electron chi connectivity index (χ2n) is 7.32. The van der Waals surface area contributed by atoms with Gasteiger partial charge < -0.3 is 20.1 Å². The molecule has 2 aromatic rings. The second kappa shape index (κ2) is 11.5. The number of aliphatic imine (C=N–C) groups is 1. The molecule has 1 saturated heterocycles. The summed E-state index contributed by atoms with van der Waals surface area (Å²) in [6.07, 6.45) is 6.39. The summed E-state index contributed by atoms with van der Waals surface area (Å²) in [6, 6.07) is 1.85. The normalized spacial score (nSPS) is 15.4. The summed E-state index contributed by atoms with van der Waals surface area (Å²) < 4.78 is 5.44. The average Bonchev–Trinajstić information content (AvgIpc) is 3.21. The first kappa shape index (κ1) is 22.0. The number of aryl methyl sites for hydroxylation is 2. The van der Waals surface area contributed by atoms with E-state index in [2.05, 4.69) is 54.4 Å². The summed E-state index contributed by atoms with van der Waals surface area (Å²) >= 11 is 0. The summed E-state index contributed by atoms with van der Waals surface area (Å²) in [7, 11) is 1.80. The van der Waals surface area contributed by atoms with Crippen molar-refractivity contribution in [3.63, 3.8) is 0 Å². The Balaban J connectivity index is 1.34. The minimum Gasteiger partial charge on any atom is -0.361 e. The number of piperazine rings is 1. The van der Waals surface area contributed by atoms with Crippen molar-refractivity contribution >= 4 is 11.9 Å². The summed E-state index contributed by atoms with van der Waals surface area (Å²) in [6.45, 7) is 10.8. The molecule has 9 heteroatoms. The number of anilines is 1. The highest BCUT2D eigenvalue weighted by molar-refractivity contribution is 5.79. The molecule has 0 spiro atoms. The minimum atomic E-state index is 0.680. The Labute approximate surface area is 179 Å². The second-order valence-corrected chi connectivity index (χ2v) is 7.32. The Bertz CT molecular complexity index is 762. The van der Waals surface area contributed by atoms with Gasteiger partial charge in [-0.05, 0) is 25.5 Å². The van der Waals surface area contributed by atoms with E-state index >= 15 is 0 Å². The van der Waals surface area contributed by atoms with E-state index in [0.29, 0.717) is 6.54 Å². The highest BCUT2D eigenvalue weighted by atomic mass is 16.5. The van der Waals surface area contributed by atoms with Gasteiger partial charge in [-0.1, -0.05) is 19.0 Å². The molecule has 3 heterocycles. The van der Waals surface area contributed by atoms with Crippen molar-refractivity contribution < 1.29 is 4.52 Å². The van der Waals surface area contributed by atoms with E-state index in [1.807, 2.05) is 6.07 Å². The van der Waals surface area contributed by atoms with Crippen LogP contribution in [0.15, 0.2) is 28.0 Å². The van der Waals surface area contributed by atoms with Crippen LogP contribution in [0.25, 0.3) is 0 Å². The zero-order chi connectivity index (χ0) is 21.2. The molecule has 2 N–H and O–H groups in total. The van der Waals surface area contributed by atoms with Crippen molar-refractivity contribution in [2.24, 2.45) is 4.99 Å². The molecule has 9 nitrogen and oxygen atoms in total. The molecule has 164 valence electrons. The SMILES string of the molecule is CCc1noc(CC)c1CNC(=NC)NCCCN1CCN(c2ncccn2)CC1. The quantitative estimate of drug-likeness (QED) is 0.362. The number of rotatable bonds is 9. The summed E-state index contributed by atoms with van der Waals surface area (Å²) in [5.74, 6) is 2.60. The van der Waals surface area contributed by atoms with Gasteiger partial charge in [0, 0.05) is 70.7 Å². The van der Waals surface area contributed by atoms with Crippen LogP contribution < -0.4 is 15.5 Å². The monoisotopic (exact) mass is 414 g/mol. The van der Waals surface area contributed by atoms with Gasteiger partial charge in [0.15, 0.2) is 5.96 Å². The Hall–Kier alpha value is -2.68. The van der Waals surface area contributed by atoms with Crippen molar-refractivity contribution in [1.29, 1.82) is 0 Å². The molecule has 0 aromatic carbocycles. The van der Waals surface area contributed by atoms with Crippen LogP contribution in [0.2, 0.25) is 0 Å². The lowest BCUT2D eigenvalue weighted by molar-refractivity contribution is 0.254. The summed E-state index contributed by atoms with van der Waals surface area (Å²) in [4.78, 5) is 17.8. The van der Waals surface area contributed by atoms with Gasteiger partial charge in [-0.3, -0.25) is 9.89 Å². The zero-order valence-corrected chi connectivity index (χ0v) is 18.4. The molecule has 3 rings (SSSR count). The largest absolute Gasteiger partial charge is 0.361 e. The van der Waals surface area contributed by atoms with Crippen molar-refractivity contribution in [2.75, 3.05) is 51.2 Å². The summed E-state index contributed by atoms with van der Waals surface area (Å²) in [5, 5.41) is 11.0. The first-order valence-electron chi connectivity index (χ1n) is 10.9. The van der Waals surface area contributed by atoms with Crippen LogP contribution in [0.5, 0.6) is 0 Å². The van der Waals surface area contributed by atoms with E-state index in [9.17, 15) is 0 Å². The van der Waals surface area contributed by atoms with Gasteiger partial charge in [-0.15, -0.1) is 0 Å². The number of nitrogens with zero attached hydrogens (tertiary/aromatic N) is 6. The van der Waals surface area contributed by atoms with Crippen LogP contribution in [0.3, 0.4) is 0 Å². The highest BCUT2D eigenvalue weighted by Gasteiger charge is 2.18. The van der Waals surface area contributed by atoms with Crippen LogP contribution in [-0.4, -0.2) is 72.3 Å². The van der Waals surface area contributed by atoms with Crippen molar-refractivity contribution in [1.82, 2.24) is 30.7 Å². The van der Waals surface area contributed by atoms with E-state index in [0.717, 1.165) is 87.5 Å². The molecule has 2 aromatic heterocycles. The summed E-state index contributed by atoms with van der Waals surface area (Å²) in [5.41, 5.74) is 2.18. The van der Waals surface area contributed by atoms with Gasteiger partial charge in [0.25, 0.3) is 0 Å². The number of hydrogen-bond acceptors (Lipinski definition) is 7. The van der Waals surface area contributed by atoms with E-state index in [-0.39, 0.29) is 0 Å². The van der Waals surface area contributed by atoms with Crippen LogP contribution in [0, 0.1) is 0 Å². The third-order valence-corrected chi connectivity index (χ3v) is 5.41. The van der Waals surface area contributed by atoms with Crippen LogP contribution in [-0.2, 0) is 19.4 Å². The molecule has 0 atom stereocenters. The molecule has 0 aliphatic carbocycles. The lowest BCUT2D eigenvalue weighted by atomic mass is 10.1. The molecule has 1 fully saturated rings. The third kappa shape index (κ3) is 5.91. The van der Waals surface area contributed by atoms with Gasteiger partial charge >= 0.3 is 0 Å². The Kier molecular flexibility index (Phi) is 8.43. The average molecular weight is 415 g/mol. The Morgan fingerprint density at radius 3 is 2.53 bits per heavy atom. The molecule has 0 amide bonds. The first-order valence-corrected chi connectivity index (χ1v) is 10.9. The fourth-order valence-electron chi connectivity index (χ4n) is 3.67. The number of nitrogens with one attached hydrogen (secondary N) is 2. The maximum Gasteiger partial charge on any atom is 0.225 e. The van der Waals surface area contributed by atoms with Crippen molar-refractivity contribution in [3.8, 4) is 0 Å². The predicted molar refractivity (Wildman–Crippen MR) is 119 cm³/mol. The zero-order valence-electron chi connectivity index (χ0n) is 18.4. The van der Waals surface area contributed by atoms with Gasteiger partial charge in [-0.2, -0.15) is 0 Å². The highest BCUT2D eigenvalue weighted by Crippen LogP contribution is 2.15. The van der Waals surface area contributed by atoms with Crippen molar-refractivity contribution in [2.45, 2.75) is 39.7 Å². The number of aromatic nitrogens is 3. The smallest absolute Gasteiger partial charge is 0.225 e. The van der Waals surface area contributed by atoms with Gasteiger partial charge in [0.1, 0.15) is 5.76 Å². The Morgan fingerprint density at radius 1 is 1.10 bits per heavy atom. The number of guanidine groups is 1. The maximum absolute atomic E-state index is 5.44. The van der Waals surface area contributed by atoms with Gasteiger partial charge in [0.2, 0.25) is 5.95 Å². The third-order valence-electron chi connectivity index (χ3n) is 5.41. The molecule has 0 radical (unpaired) electrons. The fraction of sp³-hybridized carbons (Fsp3) is 0.619. The Morgan fingerprint density at radius 2 is 1.87 bits per heavy atom. The minimum absolute atomic E-state index is 0.680. The van der Waals surface area contributed by atoms with Crippen molar-refractivity contribution in [3.05, 3.63) is 35.5 Å². The van der Waals surface area contributed by atoms with Crippen LogP contribution in [0.4, 0.5) is 5.95 Å². The van der Waals surface area contributed by atoms with Gasteiger partial charge in [-0.25, -0.2) is 9.97 Å². The fourth-order valence-corrected chi connectivity index (χ4v) is 3.67. The lowest BCUT2D eigenvalue weighted by Gasteiger charge is -2.34. The molecule has 1 aliphatic rings. The molecule has 0 bridgehead atoms. The lowest BCUT2D eigenvalue weighted by Crippen LogP contribution is -2.47. The van der Waals surface area contributed by atoms with E-state index in [1.54, 1.807) is 19.4 Å². The van der Waals surface area contributed by atoms with E-state index in [4.69, 9.17) is 4.52 Å². The van der Waals surface area contributed by atoms with Gasteiger partial charge in [0.05, 0.1) is 5.69 Å². The molecular formula is C21H34N8O. The van der Waals surface area contributed by atoms with E-state index in [1.165, 1.54) is 0 Å². The number of hydrogen-bond donors (Lipinski definition) is 2. The molecular weight excluding hydrogens is 380 g/mol.